The van der Waals surface area contributed by atoms with Crippen LogP contribution in [0.15, 0.2) is 24.3 Å². The highest BCUT2D eigenvalue weighted by Gasteiger charge is 1.85. The first-order valence-electron chi connectivity index (χ1n) is 6.18. The van der Waals surface area contributed by atoms with Crippen molar-refractivity contribution in [3.63, 3.8) is 0 Å². The predicted molar refractivity (Wildman–Crippen MR) is 66.6 cm³/mol. The molecule has 0 spiro atoms. The minimum Gasteiger partial charge on any atom is -0.0917 e. The molecule has 14 heavy (non-hydrogen) atoms. The molecule has 0 nitrogen and oxygen atoms in total. The quantitative estimate of drug-likeness (QED) is 0.347. The number of rotatable bonds is 9. The van der Waals surface area contributed by atoms with Gasteiger partial charge in [0.05, 0.1) is 0 Å². The zero-order valence-corrected chi connectivity index (χ0v) is 9.97. The van der Waals surface area contributed by atoms with E-state index < -0.39 is 0 Å². The second-order valence-corrected chi connectivity index (χ2v) is 3.82. The van der Waals surface area contributed by atoms with Crippen LogP contribution in [0, 0.1) is 0 Å². The highest BCUT2D eigenvalue weighted by molar-refractivity contribution is 4.86. The summed E-state index contributed by atoms with van der Waals surface area (Å²) >= 11 is 0. The van der Waals surface area contributed by atoms with E-state index in [1.165, 1.54) is 51.4 Å². The highest BCUT2D eigenvalue weighted by atomic mass is 13.9. The molecule has 0 aromatic heterocycles. The van der Waals surface area contributed by atoms with Crippen molar-refractivity contribution in [2.75, 3.05) is 0 Å². The monoisotopic (exact) mass is 194 g/mol. The van der Waals surface area contributed by atoms with Crippen molar-refractivity contribution in [2.45, 2.75) is 65.2 Å². The van der Waals surface area contributed by atoms with Crippen LogP contribution in [-0.2, 0) is 0 Å². The average molecular weight is 194 g/mol. The second-order valence-electron chi connectivity index (χ2n) is 3.82. The molecule has 0 amide bonds. The Morgan fingerprint density at radius 1 is 0.714 bits per heavy atom. The summed E-state index contributed by atoms with van der Waals surface area (Å²) < 4.78 is 0. The maximum atomic E-state index is 2.34. The molecule has 0 aliphatic rings. The maximum Gasteiger partial charge on any atom is -0.0316 e. The van der Waals surface area contributed by atoms with Crippen LogP contribution in [0.2, 0.25) is 0 Å². The minimum absolute atomic E-state index is 1.20. The second kappa shape index (κ2) is 12.5. The van der Waals surface area contributed by atoms with E-state index >= 15 is 0 Å². The third kappa shape index (κ3) is 11.5. The standard InChI is InChI=1S/C14H26/c1-3-5-7-9-11-13-14-12-10-8-6-4-2/h3,5,11,13H,4,6-10,12,14H2,1-2H3/b5-3+,13-11+. The van der Waals surface area contributed by atoms with Gasteiger partial charge in [-0.05, 0) is 32.6 Å². The first-order valence-corrected chi connectivity index (χ1v) is 6.18. The molecule has 0 aliphatic heterocycles. The topological polar surface area (TPSA) is 0 Å². The van der Waals surface area contributed by atoms with E-state index in [9.17, 15) is 0 Å². The molecular weight excluding hydrogens is 168 g/mol. The smallest absolute Gasteiger partial charge is 0.0316 e. The molecule has 0 N–H and O–H groups in total. The molecule has 0 saturated heterocycles. The summed E-state index contributed by atoms with van der Waals surface area (Å²) in [6.45, 7) is 4.35. The number of unbranched alkanes of at least 4 members (excludes halogenated alkanes) is 6. The Morgan fingerprint density at radius 3 is 2.07 bits per heavy atom. The molecule has 0 aromatic carbocycles. The van der Waals surface area contributed by atoms with Crippen molar-refractivity contribution >= 4 is 0 Å². The summed E-state index contributed by atoms with van der Waals surface area (Å²) in [6, 6.07) is 0. The van der Waals surface area contributed by atoms with Crippen LogP contribution >= 0.6 is 0 Å². The third-order valence-corrected chi connectivity index (χ3v) is 2.38. The summed E-state index contributed by atoms with van der Waals surface area (Å²) in [6.07, 6.45) is 19.7. The Balaban J connectivity index is 3.03. The van der Waals surface area contributed by atoms with E-state index in [1.54, 1.807) is 0 Å². The summed E-state index contributed by atoms with van der Waals surface area (Å²) in [4.78, 5) is 0. The molecule has 0 saturated carbocycles. The van der Waals surface area contributed by atoms with Gasteiger partial charge in [0.25, 0.3) is 0 Å². The van der Waals surface area contributed by atoms with Gasteiger partial charge in [-0.2, -0.15) is 0 Å². The molecule has 0 rings (SSSR count). The Hall–Kier alpha value is -0.520. The molecule has 0 unspecified atom stereocenters. The van der Waals surface area contributed by atoms with Crippen LogP contribution < -0.4 is 0 Å². The van der Waals surface area contributed by atoms with Crippen LogP contribution in [0.1, 0.15) is 65.2 Å². The lowest BCUT2D eigenvalue weighted by Crippen LogP contribution is -1.75. The van der Waals surface area contributed by atoms with Crippen LogP contribution in [0.5, 0.6) is 0 Å². The van der Waals surface area contributed by atoms with E-state index in [0.717, 1.165) is 0 Å². The van der Waals surface area contributed by atoms with Crippen molar-refractivity contribution in [3.05, 3.63) is 24.3 Å². The lowest BCUT2D eigenvalue weighted by Gasteiger charge is -1.95. The van der Waals surface area contributed by atoms with Gasteiger partial charge in [-0.25, -0.2) is 0 Å². The highest BCUT2D eigenvalue weighted by Crippen LogP contribution is 2.05. The van der Waals surface area contributed by atoms with Gasteiger partial charge in [0.2, 0.25) is 0 Å². The molecule has 0 fully saturated rings. The van der Waals surface area contributed by atoms with Gasteiger partial charge >= 0.3 is 0 Å². The first-order chi connectivity index (χ1) is 6.91. The number of allylic oxidation sites excluding steroid dienone is 4. The van der Waals surface area contributed by atoms with Crippen LogP contribution in [-0.4, -0.2) is 0 Å². The van der Waals surface area contributed by atoms with E-state index in [0.29, 0.717) is 0 Å². The van der Waals surface area contributed by atoms with E-state index in [-0.39, 0.29) is 0 Å². The van der Waals surface area contributed by atoms with Gasteiger partial charge in [0, 0.05) is 0 Å². The van der Waals surface area contributed by atoms with Gasteiger partial charge in [-0.15, -0.1) is 0 Å². The molecule has 0 aliphatic carbocycles. The Labute approximate surface area is 90.1 Å². The molecule has 0 heteroatoms. The molecule has 0 aromatic rings. The van der Waals surface area contributed by atoms with Crippen LogP contribution in [0.4, 0.5) is 0 Å². The Kier molecular flexibility index (Phi) is 12.0. The van der Waals surface area contributed by atoms with Gasteiger partial charge in [0.15, 0.2) is 0 Å². The van der Waals surface area contributed by atoms with Gasteiger partial charge in [0.1, 0.15) is 0 Å². The van der Waals surface area contributed by atoms with E-state index in [1.807, 2.05) is 0 Å². The minimum atomic E-state index is 1.20. The van der Waals surface area contributed by atoms with Crippen molar-refractivity contribution in [2.24, 2.45) is 0 Å². The normalized spacial score (nSPS) is 11.9. The maximum absolute atomic E-state index is 2.34. The van der Waals surface area contributed by atoms with E-state index in [4.69, 9.17) is 0 Å². The molecular formula is C14H26. The van der Waals surface area contributed by atoms with Gasteiger partial charge in [-0.1, -0.05) is 56.9 Å². The zero-order valence-electron chi connectivity index (χ0n) is 9.97. The lowest BCUT2D eigenvalue weighted by atomic mass is 10.1. The first kappa shape index (κ1) is 13.5. The summed E-state index contributed by atoms with van der Waals surface area (Å²) in [5.41, 5.74) is 0. The SMILES string of the molecule is C/C=C/CC/C=C/CCCCCCC. The molecule has 0 atom stereocenters. The molecule has 0 heterocycles. The fraction of sp³-hybridized carbons (Fsp3) is 0.714. The van der Waals surface area contributed by atoms with Crippen LogP contribution in [0.3, 0.4) is 0 Å². The molecule has 82 valence electrons. The number of hydrogen-bond acceptors (Lipinski definition) is 0. The van der Waals surface area contributed by atoms with Gasteiger partial charge in [-0.3, -0.25) is 0 Å². The van der Waals surface area contributed by atoms with Crippen molar-refractivity contribution in [3.8, 4) is 0 Å². The van der Waals surface area contributed by atoms with Crippen molar-refractivity contribution in [1.82, 2.24) is 0 Å². The third-order valence-electron chi connectivity index (χ3n) is 2.38. The fourth-order valence-electron chi connectivity index (χ4n) is 1.46. The largest absolute Gasteiger partial charge is 0.0917 e. The molecule has 0 bridgehead atoms. The van der Waals surface area contributed by atoms with Gasteiger partial charge < -0.3 is 0 Å². The zero-order chi connectivity index (χ0) is 10.5. The fourth-order valence-corrected chi connectivity index (χ4v) is 1.46. The Morgan fingerprint density at radius 2 is 1.36 bits per heavy atom. The van der Waals surface area contributed by atoms with Crippen molar-refractivity contribution in [1.29, 1.82) is 0 Å². The van der Waals surface area contributed by atoms with Crippen molar-refractivity contribution < 1.29 is 0 Å². The summed E-state index contributed by atoms with van der Waals surface area (Å²) in [5, 5.41) is 0. The lowest BCUT2D eigenvalue weighted by molar-refractivity contribution is 0.637. The summed E-state index contributed by atoms with van der Waals surface area (Å²) in [5.74, 6) is 0. The van der Waals surface area contributed by atoms with E-state index in [2.05, 4.69) is 38.2 Å². The molecule has 0 radical (unpaired) electrons. The Bertz CT molecular complexity index is 142. The summed E-state index contributed by atoms with van der Waals surface area (Å²) in [7, 11) is 0. The average Bonchev–Trinajstić information content (AvgIpc) is 2.21. The predicted octanol–water partition coefficient (Wildman–Crippen LogP) is 5.26. The number of hydrogen-bond donors (Lipinski definition) is 0. The van der Waals surface area contributed by atoms with Crippen LogP contribution in [0.25, 0.3) is 0 Å².